The normalized spacial score (nSPS) is 18.8. The third kappa shape index (κ3) is 2.56. The lowest BCUT2D eigenvalue weighted by atomic mass is 10.0. The number of benzene rings is 2. The van der Waals surface area contributed by atoms with Crippen LogP contribution in [0.4, 0.5) is 0 Å². The number of hydrogen-bond donors (Lipinski definition) is 1. The van der Waals surface area contributed by atoms with Crippen LogP contribution in [-0.4, -0.2) is 42.9 Å². The number of fused-ring (bicyclic) bond motifs is 3. The molecule has 1 saturated heterocycles. The largest absolute Gasteiger partial charge is 0.387 e. The van der Waals surface area contributed by atoms with E-state index in [2.05, 4.69) is 47.4 Å². The second kappa shape index (κ2) is 5.84. The third-order valence-electron chi connectivity index (χ3n) is 4.74. The van der Waals surface area contributed by atoms with Crippen LogP contribution in [0.5, 0.6) is 0 Å². The van der Waals surface area contributed by atoms with Crippen molar-refractivity contribution in [3.63, 3.8) is 0 Å². The molecule has 0 saturated carbocycles. The van der Waals surface area contributed by atoms with Crippen LogP contribution in [0.3, 0.4) is 0 Å². The lowest BCUT2D eigenvalue weighted by Crippen LogP contribution is -2.38. The van der Waals surface area contributed by atoms with Gasteiger partial charge in [0.2, 0.25) is 0 Å². The van der Waals surface area contributed by atoms with Crippen molar-refractivity contribution >= 4 is 0 Å². The first-order chi connectivity index (χ1) is 10.8. The van der Waals surface area contributed by atoms with Gasteiger partial charge in [0.1, 0.15) is 0 Å². The van der Waals surface area contributed by atoms with Crippen molar-refractivity contribution in [2.45, 2.75) is 12.5 Å². The summed E-state index contributed by atoms with van der Waals surface area (Å²) in [7, 11) is 0. The van der Waals surface area contributed by atoms with E-state index in [4.69, 9.17) is 4.74 Å². The number of rotatable bonds is 3. The molecule has 0 radical (unpaired) electrons. The van der Waals surface area contributed by atoms with E-state index in [-0.39, 0.29) is 0 Å². The fourth-order valence-corrected chi connectivity index (χ4v) is 3.51. The first-order valence-corrected chi connectivity index (χ1v) is 8.00. The molecule has 0 amide bonds. The number of nitrogens with zero attached hydrogens (tertiary/aromatic N) is 1. The molecule has 2 aromatic rings. The van der Waals surface area contributed by atoms with E-state index < -0.39 is 6.10 Å². The van der Waals surface area contributed by atoms with Crippen molar-refractivity contribution in [1.82, 2.24) is 4.90 Å². The Balaban J connectivity index is 1.53. The summed E-state index contributed by atoms with van der Waals surface area (Å²) in [6, 6.07) is 15.0. The van der Waals surface area contributed by atoms with E-state index in [0.717, 1.165) is 38.3 Å². The Morgan fingerprint density at radius 3 is 2.64 bits per heavy atom. The lowest BCUT2D eigenvalue weighted by molar-refractivity contribution is 0.0143. The second-order valence-corrected chi connectivity index (χ2v) is 6.18. The van der Waals surface area contributed by atoms with Crippen molar-refractivity contribution < 1.29 is 9.84 Å². The Morgan fingerprint density at radius 2 is 1.77 bits per heavy atom. The van der Waals surface area contributed by atoms with Crippen LogP contribution in [0, 0.1) is 0 Å². The number of hydrogen-bond acceptors (Lipinski definition) is 3. The number of ether oxygens (including phenoxy) is 1. The Morgan fingerprint density at radius 1 is 1.00 bits per heavy atom. The van der Waals surface area contributed by atoms with Gasteiger partial charge in [0.25, 0.3) is 0 Å². The smallest absolute Gasteiger partial charge is 0.0917 e. The molecule has 1 aliphatic heterocycles. The highest BCUT2D eigenvalue weighted by molar-refractivity contribution is 5.76. The Kier molecular flexibility index (Phi) is 3.70. The highest BCUT2D eigenvalue weighted by Gasteiger charge is 2.21. The van der Waals surface area contributed by atoms with Crippen LogP contribution < -0.4 is 0 Å². The number of aliphatic hydroxyl groups is 1. The molecule has 22 heavy (non-hydrogen) atoms. The second-order valence-electron chi connectivity index (χ2n) is 6.18. The van der Waals surface area contributed by atoms with Crippen LogP contribution >= 0.6 is 0 Å². The van der Waals surface area contributed by atoms with E-state index in [1.165, 1.54) is 22.3 Å². The minimum absolute atomic E-state index is 0.424. The number of morpholine rings is 1. The predicted octanol–water partition coefficient (Wildman–Crippen LogP) is 2.62. The average molecular weight is 295 g/mol. The number of aliphatic hydroxyl groups excluding tert-OH is 1. The van der Waals surface area contributed by atoms with E-state index in [1.54, 1.807) is 0 Å². The van der Waals surface area contributed by atoms with Gasteiger partial charge >= 0.3 is 0 Å². The first-order valence-electron chi connectivity index (χ1n) is 8.00. The van der Waals surface area contributed by atoms with Gasteiger partial charge in [-0.1, -0.05) is 42.5 Å². The molecule has 1 atom stereocenters. The zero-order valence-corrected chi connectivity index (χ0v) is 12.7. The van der Waals surface area contributed by atoms with Crippen molar-refractivity contribution in [3.05, 3.63) is 59.2 Å². The van der Waals surface area contributed by atoms with E-state index in [1.807, 2.05) is 0 Å². The standard InChI is InChI=1S/C19H21NO2/c21-19(13-20-7-9-22-10-8-20)15-5-6-18-16(12-15)11-14-3-1-2-4-17(14)18/h1-6,12,19,21H,7-11,13H2. The summed E-state index contributed by atoms with van der Waals surface area (Å²) in [6.07, 6.45) is 0.552. The molecule has 1 aliphatic carbocycles. The zero-order chi connectivity index (χ0) is 14.9. The van der Waals surface area contributed by atoms with Gasteiger partial charge in [0.15, 0.2) is 0 Å². The Labute approximate surface area is 131 Å². The van der Waals surface area contributed by atoms with Crippen molar-refractivity contribution in [1.29, 1.82) is 0 Å². The van der Waals surface area contributed by atoms with Crippen LogP contribution in [0.25, 0.3) is 11.1 Å². The van der Waals surface area contributed by atoms with E-state index >= 15 is 0 Å². The molecule has 1 heterocycles. The monoisotopic (exact) mass is 295 g/mol. The van der Waals surface area contributed by atoms with Gasteiger partial charge in [0, 0.05) is 19.6 Å². The average Bonchev–Trinajstić information content (AvgIpc) is 2.93. The molecule has 0 aromatic heterocycles. The van der Waals surface area contributed by atoms with Crippen molar-refractivity contribution in [2.75, 3.05) is 32.8 Å². The topological polar surface area (TPSA) is 32.7 Å². The molecule has 0 spiro atoms. The molecule has 1 fully saturated rings. The summed E-state index contributed by atoms with van der Waals surface area (Å²) in [5, 5.41) is 10.5. The van der Waals surface area contributed by atoms with Gasteiger partial charge in [0.05, 0.1) is 19.3 Å². The van der Waals surface area contributed by atoms with Gasteiger partial charge in [-0.05, 0) is 34.2 Å². The molecular weight excluding hydrogens is 274 g/mol. The van der Waals surface area contributed by atoms with Crippen LogP contribution in [0.15, 0.2) is 42.5 Å². The van der Waals surface area contributed by atoms with Gasteiger partial charge < -0.3 is 9.84 Å². The van der Waals surface area contributed by atoms with Gasteiger partial charge in [-0.15, -0.1) is 0 Å². The predicted molar refractivity (Wildman–Crippen MR) is 86.9 cm³/mol. The highest BCUT2D eigenvalue weighted by atomic mass is 16.5. The third-order valence-corrected chi connectivity index (χ3v) is 4.74. The van der Waals surface area contributed by atoms with Crippen molar-refractivity contribution in [3.8, 4) is 11.1 Å². The van der Waals surface area contributed by atoms with Crippen LogP contribution in [0.2, 0.25) is 0 Å². The zero-order valence-electron chi connectivity index (χ0n) is 12.7. The molecule has 4 rings (SSSR count). The molecule has 1 unspecified atom stereocenters. The van der Waals surface area contributed by atoms with E-state index in [0.29, 0.717) is 6.54 Å². The first kappa shape index (κ1) is 13.9. The fraction of sp³-hybridized carbons (Fsp3) is 0.368. The molecule has 3 nitrogen and oxygen atoms in total. The molecular formula is C19H21NO2. The van der Waals surface area contributed by atoms with Gasteiger partial charge in [-0.2, -0.15) is 0 Å². The Bertz CT molecular complexity index is 677. The van der Waals surface area contributed by atoms with E-state index in [9.17, 15) is 5.11 Å². The summed E-state index contributed by atoms with van der Waals surface area (Å²) >= 11 is 0. The minimum atomic E-state index is -0.424. The minimum Gasteiger partial charge on any atom is -0.387 e. The molecule has 1 N–H and O–H groups in total. The van der Waals surface area contributed by atoms with Crippen LogP contribution in [-0.2, 0) is 11.2 Å². The number of β-amino-alcohol motifs (C(OH)–C–C–N with tert-alkyl or cyclic N) is 1. The molecule has 3 heteroatoms. The maximum Gasteiger partial charge on any atom is 0.0917 e. The maximum absolute atomic E-state index is 10.5. The summed E-state index contributed by atoms with van der Waals surface area (Å²) in [5.74, 6) is 0. The summed E-state index contributed by atoms with van der Waals surface area (Å²) in [5.41, 5.74) is 6.40. The molecule has 2 aromatic carbocycles. The Hall–Kier alpha value is -1.68. The van der Waals surface area contributed by atoms with Gasteiger partial charge in [-0.25, -0.2) is 0 Å². The lowest BCUT2D eigenvalue weighted by Gasteiger charge is -2.28. The van der Waals surface area contributed by atoms with Gasteiger partial charge in [-0.3, -0.25) is 4.90 Å². The van der Waals surface area contributed by atoms with Crippen molar-refractivity contribution in [2.24, 2.45) is 0 Å². The molecule has 2 aliphatic rings. The fourth-order valence-electron chi connectivity index (χ4n) is 3.51. The summed E-state index contributed by atoms with van der Waals surface area (Å²) in [6.45, 7) is 4.05. The maximum atomic E-state index is 10.5. The SMILES string of the molecule is OC(CN1CCOCC1)c1ccc2c(c1)Cc1ccccc1-2. The summed E-state index contributed by atoms with van der Waals surface area (Å²) < 4.78 is 5.36. The summed E-state index contributed by atoms with van der Waals surface area (Å²) in [4.78, 5) is 2.27. The van der Waals surface area contributed by atoms with Crippen LogP contribution in [0.1, 0.15) is 22.8 Å². The molecule has 114 valence electrons. The quantitative estimate of drug-likeness (QED) is 0.806. The molecule has 0 bridgehead atoms. The highest BCUT2D eigenvalue weighted by Crippen LogP contribution is 2.37.